The van der Waals surface area contributed by atoms with E-state index in [-0.39, 0.29) is 63.2 Å². The Hall–Kier alpha value is -3.12. The van der Waals surface area contributed by atoms with Crippen LogP contribution in [0.5, 0.6) is 0 Å². The molecule has 5 fully saturated rings. The molecule has 0 spiro atoms. The predicted molar refractivity (Wildman–Crippen MR) is 205 cm³/mol. The summed E-state index contributed by atoms with van der Waals surface area (Å²) in [7, 11) is -0.309. The lowest BCUT2D eigenvalue weighted by atomic mass is 9.32. The summed E-state index contributed by atoms with van der Waals surface area (Å²) in [4.78, 5) is 50.0. The van der Waals surface area contributed by atoms with Gasteiger partial charge in [0.05, 0.1) is 32.7 Å². The zero-order valence-corrected chi connectivity index (χ0v) is 34.1. The highest BCUT2D eigenvalue weighted by molar-refractivity contribution is 6.49. The van der Waals surface area contributed by atoms with Gasteiger partial charge in [0.1, 0.15) is 6.10 Å². The minimum atomic E-state index is -0.816. The van der Waals surface area contributed by atoms with Crippen molar-refractivity contribution in [1.82, 2.24) is 0 Å². The Bertz CT molecular complexity index is 1810. The van der Waals surface area contributed by atoms with Gasteiger partial charge in [-0.1, -0.05) is 54.0 Å². The quantitative estimate of drug-likeness (QED) is 0.124. The number of non-ortho nitro benzene ring substituents is 2. The van der Waals surface area contributed by atoms with Crippen molar-refractivity contribution in [2.45, 2.75) is 157 Å². The van der Waals surface area contributed by atoms with Gasteiger partial charge in [0, 0.05) is 28.8 Å². The Morgan fingerprint density at radius 1 is 0.796 bits per heavy atom. The highest BCUT2D eigenvalue weighted by atomic mass is 16.7. The summed E-state index contributed by atoms with van der Waals surface area (Å²) in [5.41, 5.74) is -1.99. The number of ketones is 1. The largest absolute Gasteiger partial charge is 0.464 e. The Labute approximate surface area is 320 Å². The molecule has 0 bridgehead atoms. The molecule has 0 aromatic heterocycles. The van der Waals surface area contributed by atoms with E-state index in [1.165, 1.54) is 5.57 Å². The first-order valence-electron chi connectivity index (χ1n) is 20.0. The van der Waals surface area contributed by atoms with Crippen molar-refractivity contribution in [3.8, 4) is 0 Å². The zero-order chi connectivity index (χ0) is 39.8. The maximum absolute atomic E-state index is 15.0. The van der Waals surface area contributed by atoms with E-state index in [0.717, 1.165) is 63.1 Å². The van der Waals surface area contributed by atoms with E-state index in [2.05, 4.69) is 82.2 Å². The number of carbonyl (C=O) groups is 2. The summed E-state index contributed by atoms with van der Waals surface area (Å²) < 4.78 is 19.5. The number of fused-ring (bicyclic) bond motifs is 7. The van der Waals surface area contributed by atoms with Crippen LogP contribution in [0.15, 0.2) is 29.8 Å². The van der Waals surface area contributed by atoms with Gasteiger partial charge < -0.3 is 14.0 Å². The van der Waals surface area contributed by atoms with Gasteiger partial charge in [-0.05, 0) is 125 Å². The van der Waals surface area contributed by atoms with Crippen LogP contribution in [0, 0.1) is 65.1 Å². The molecule has 9 atom stereocenters. The third-order valence-electron chi connectivity index (χ3n) is 17.2. The minimum Gasteiger partial charge on any atom is -0.458 e. The van der Waals surface area contributed by atoms with E-state index >= 15 is 0 Å². The third-order valence-corrected chi connectivity index (χ3v) is 17.2. The summed E-state index contributed by atoms with van der Waals surface area (Å²) >= 11 is 0. The molecule has 6 aliphatic rings. The standard InChI is InChI=1S/C42H59BN2O9/c1-35(2)31-12-15-42(11)33(40(31,9)14-13-32(35)52-34(47)25-20-26(44(48)49)22-27(21-25)45(50)51)30(46)23-28-29-24-39(8,43-53-36(3,4)37(5,6)54-43)18-16-38(29,7)17-19-41(28,42)10/h20-23,29,31-33H,12-19,24H2,1-11H3/t29-,31-,32-,33+,38+,39+,40-,41+,42+/m0/s1. The van der Waals surface area contributed by atoms with Gasteiger partial charge in [0.25, 0.3) is 11.4 Å². The molecule has 54 heavy (non-hydrogen) atoms. The van der Waals surface area contributed by atoms with Crippen LogP contribution >= 0.6 is 0 Å². The fourth-order valence-electron chi connectivity index (χ4n) is 12.9. The van der Waals surface area contributed by atoms with Gasteiger partial charge in [0.15, 0.2) is 5.78 Å². The molecule has 0 N–H and O–H groups in total. The number of hydrogen-bond donors (Lipinski definition) is 0. The number of esters is 1. The monoisotopic (exact) mass is 746 g/mol. The van der Waals surface area contributed by atoms with E-state index in [4.69, 9.17) is 14.0 Å². The molecule has 5 aliphatic carbocycles. The molecule has 11 nitrogen and oxygen atoms in total. The average Bonchev–Trinajstić information content (AvgIpc) is 3.30. The minimum absolute atomic E-state index is 0.0618. The lowest BCUT2D eigenvalue weighted by Gasteiger charge is -2.70. The number of hydrogen-bond acceptors (Lipinski definition) is 9. The Kier molecular flexibility index (Phi) is 8.66. The molecule has 1 saturated heterocycles. The van der Waals surface area contributed by atoms with Crippen LogP contribution in [-0.4, -0.2) is 46.0 Å². The predicted octanol–water partition coefficient (Wildman–Crippen LogP) is 9.86. The van der Waals surface area contributed by atoms with Crippen LogP contribution in [0.4, 0.5) is 11.4 Å². The molecular formula is C42H59BN2O9. The molecule has 294 valence electrons. The smallest absolute Gasteiger partial charge is 0.458 e. The molecule has 12 heteroatoms. The fraction of sp³-hybridized carbons (Fsp3) is 0.762. The fourth-order valence-corrected chi connectivity index (χ4v) is 12.9. The molecule has 1 aromatic carbocycles. The lowest BCUT2D eigenvalue weighted by molar-refractivity contribution is -0.394. The number of nitrogens with zero attached hydrogens (tertiary/aromatic N) is 2. The lowest BCUT2D eigenvalue weighted by Crippen LogP contribution is -2.66. The summed E-state index contributed by atoms with van der Waals surface area (Å²) in [6.45, 7) is 24.6. The second kappa shape index (κ2) is 11.9. The van der Waals surface area contributed by atoms with Crippen molar-refractivity contribution in [2.75, 3.05) is 0 Å². The van der Waals surface area contributed by atoms with Gasteiger partial charge in [-0.3, -0.25) is 25.0 Å². The number of ether oxygens (including phenoxy) is 1. The summed E-state index contributed by atoms with van der Waals surface area (Å²) in [6.07, 6.45) is 9.65. The number of nitro benzene ring substituents is 2. The third kappa shape index (κ3) is 5.41. The highest BCUT2D eigenvalue weighted by Crippen LogP contribution is 2.76. The normalized spacial score (nSPS) is 41.7. The van der Waals surface area contributed by atoms with Gasteiger partial charge in [-0.15, -0.1) is 0 Å². The molecule has 0 amide bonds. The molecule has 1 aliphatic heterocycles. The second-order valence-corrected chi connectivity index (χ2v) is 20.9. The Morgan fingerprint density at radius 2 is 1.37 bits per heavy atom. The second-order valence-electron chi connectivity index (χ2n) is 20.9. The van der Waals surface area contributed by atoms with E-state index in [1.807, 2.05) is 0 Å². The Balaban J connectivity index is 1.18. The van der Waals surface area contributed by atoms with Crippen molar-refractivity contribution in [3.63, 3.8) is 0 Å². The molecule has 1 aromatic rings. The SMILES string of the molecule is CC1(C)[C@@H](OC(=O)c2cc([N+](=O)[O-])cc([N+](=O)[O-])c2)CC[C@]2(C)[C@H]3C(=O)C=C4[C@@H]5C[C@](C)(B6OC(C)(C)C(C)(C)O6)CC[C@]5(C)CC[C@@]4(C)[C@]3(C)CC[C@@H]12. The van der Waals surface area contributed by atoms with Gasteiger partial charge >= 0.3 is 13.1 Å². The van der Waals surface area contributed by atoms with Crippen molar-refractivity contribution in [1.29, 1.82) is 0 Å². The van der Waals surface area contributed by atoms with Crippen molar-refractivity contribution >= 4 is 30.2 Å². The molecular weight excluding hydrogens is 687 g/mol. The van der Waals surface area contributed by atoms with Crippen LogP contribution in [0.3, 0.4) is 0 Å². The molecule has 1 heterocycles. The summed E-state index contributed by atoms with van der Waals surface area (Å²) in [5.74, 6) is -0.484. The first kappa shape index (κ1) is 39.1. The number of carbonyl (C=O) groups excluding carboxylic acids is 2. The maximum Gasteiger partial charge on any atom is 0.464 e. The van der Waals surface area contributed by atoms with Crippen LogP contribution in [0.1, 0.15) is 144 Å². The van der Waals surface area contributed by atoms with Crippen LogP contribution in [0.2, 0.25) is 5.31 Å². The van der Waals surface area contributed by atoms with E-state index < -0.39 is 49.9 Å². The van der Waals surface area contributed by atoms with Crippen molar-refractivity contribution < 1.29 is 33.5 Å². The zero-order valence-electron chi connectivity index (χ0n) is 34.1. The Morgan fingerprint density at radius 3 is 1.94 bits per heavy atom. The van der Waals surface area contributed by atoms with Gasteiger partial charge in [-0.2, -0.15) is 0 Å². The molecule has 4 saturated carbocycles. The van der Waals surface area contributed by atoms with E-state index in [1.54, 1.807) is 0 Å². The van der Waals surface area contributed by atoms with Crippen molar-refractivity contribution in [3.05, 3.63) is 55.6 Å². The van der Waals surface area contributed by atoms with E-state index in [9.17, 15) is 29.8 Å². The summed E-state index contributed by atoms with van der Waals surface area (Å²) in [6, 6.07) is 2.91. The average molecular weight is 747 g/mol. The molecule has 0 radical (unpaired) electrons. The highest BCUT2D eigenvalue weighted by Gasteiger charge is 2.71. The first-order chi connectivity index (χ1) is 24.7. The van der Waals surface area contributed by atoms with E-state index in [0.29, 0.717) is 12.8 Å². The maximum atomic E-state index is 15.0. The van der Waals surface area contributed by atoms with Gasteiger partial charge in [0.2, 0.25) is 0 Å². The van der Waals surface area contributed by atoms with Crippen molar-refractivity contribution in [2.24, 2.45) is 44.8 Å². The van der Waals surface area contributed by atoms with Gasteiger partial charge in [-0.25, -0.2) is 4.79 Å². The number of nitro groups is 2. The number of allylic oxidation sites excluding steroid dienone is 2. The number of benzene rings is 1. The van der Waals surface area contributed by atoms with Crippen LogP contribution in [-0.2, 0) is 18.8 Å². The topological polar surface area (TPSA) is 148 Å². The molecule has 7 rings (SSSR count). The molecule has 0 unspecified atom stereocenters. The van der Waals surface area contributed by atoms with Crippen LogP contribution < -0.4 is 0 Å². The van der Waals surface area contributed by atoms with Crippen LogP contribution in [0.25, 0.3) is 0 Å². The number of rotatable bonds is 5. The summed E-state index contributed by atoms with van der Waals surface area (Å²) in [5, 5.41) is 22.8. The first-order valence-corrected chi connectivity index (χ1v) is 20.0.